The predicted molar refractivity (Wildman–Crippen MR) is 118 cm³/mol. The molecular weight excluding hydrogens is 436 g/mol. The van der Waals surface area contributed by atoms with Gasteiger partial charge in [0.2, 0.25) is 0 Å². The predicted octanol–water partition coefficient (Wildman–Crippen LogP) is 2.47. The van der Waals surface area contributed by atoms with Crippen LogP contribution >= 0.6 is 11.8 Å². The van der Waals surface area contributed by atoms with Gasteiger partial charge in [-0.15, -0.1) is 0 Å². The Labute approximate surface area is 187 Å². The molecular formula is C21H20N4O6S. The van der Waals surface area contributed by atoms with Crippen molar-refractivity contribution < 1.29 is 28.7 Å². The highest BCUT2D eigenvalue weighted by Crippen LogP contribution is 2.36. The van der Waals surface area contributed by atoms with Crippen molar-refractivity contribution in [3.05, 3.63) is 53.3 Å². The maximum atomic E-state index is 13.0. The Morgan fingerprint density at radius 3 is 2.56 bits per heavy atom. The third-order valence-electron chi connectivity index (χ3n) is 4.15. The van der Waals surface area contributed by atoms with Crippen LogP contribution in [0, 0.1) is 0 Å². The molecule has 3 rings (SSSR count). The molecule has 0 N–H and O–H groups in total. The monoisotopic (exact) mass is 456 g/mol. The largest absolute Gasteiger partial charge is 0.466 e. The summed E-state index contributed by atoms with van der Waals surface area (Å²) in [6.45, 7) is 3.07. The SMILES string of the molecule is CCOC(=O)c1c(N=C2S/C(=C\C(=O)OC)C(=O)N2c2ccccc2)ncn1CC(C)=O. The number of imidazole rings is 1. The number of anilines is 1. The average Bonchev–Trinajstić information content (AvgIpc) is 3.28. The summed E-state index contributed by atoms with van der Waals surface area (Å²) in [5, 5.41) is 0.176. The zero-order valence-electron chi connectivity index (χ0n) is 17.6. The van der Waals surface area contributed by atoms with Gasteiger partial charge in [-0.1, -0.05) is 18.2 Å². The first-order valence-corrected chi connectivity index (χ1v) is 10.3. The number of hydrogen-bond donors (Lipinski definition) is 0. The van der Waals surface area contributed by atoms with Crippen LogP contribution < -0.4 is 4.90 Å². The number of amidine groups is 1. The minimum Gasteiger partial charge on any atom is -0.466 e. The Morgan fingerprint density at radius 1 is 1.22 bits per heavy atom. The number of amides is 1. The van der Waals surface area contributed by atoms with Crippen LogP contribution in [0.3, 0.4) is 0 Å². The lowest BCUT2D eigenvalue weighted by Crippen LogP contribution is -2.28. The Hall–Kier alpha value is -3.73. The molecule has 166 valence electrons. The summed E-state index contributed by atoms with van der Waals surface area (Å²) < 4.78 is 11.1. The first-order chi connectivity index (χ1) is 15.3. The van der Waals surface area contributed by atoms with Gasteiger partial charge in [-0.05, 0) is 37.7 Å². The van der Waals surface area contributed by atoms with Crippen LogP contribution in [0.15, 0.2) is 52.6 Å². The van der Waals surface area contributed by atoms with E-state index in [0.29, 0.717) is 5.69 Å². The summed E-state index contributed by atoms with van der Waals surface area (Å²) in [6.07, 6.45) is 2.39. The van der Waals surface area contributed by atoms with Gasteiger partial charge in [-0.3, -0.25) is 14.5 Å². The summed E-state index contributed by atoms with van der Waals surface area (Å²) in [5.41, 5.74) is 0.499. The summed E-state index contributed by atoms with van der Waals surface area (Å²) >= 11 is 0.936. The number of Topliss-reactive ketones (excluding diaryl/α,β-unsaturated/α-hetero) is 1. The fourth-order valence-corrected chi connectivity index (χ4v) is 3.77. The van der Waals surface area contributed by atoms with Gasteiger partial charge in [-0.25, -0.2) is 19.6 Å². The number of thioether (sulfide) groups is 1. The van der Waals surface area contributed by atoms with Gasteiger partial charge in [0.1, 0.15) is 5.78 Å². The quantitative estimate of drug-likeness (QED) is 0.460. The minimum absolute atomic E-state index is 0.0130. The number of ether oxygens (including phenoxy) is 2. The van der Waals surface area contributed by atoms with E-state index < -0.39 is 17.8 Å². The average molecular weight is 456 g/mol. The number of carbonyl (C=O) groups excluding carboxylic acids is 4. The Balaban J connectivity index is 2.12. The van der Waals surface area contributed by atoms with Crippen molar-refractivity contribution in [2.45, 2.75) is 20.4 Å². The molecule has 1 fully saturated rings. The molecule has 0 saturated carbocycles. The highest BCUT2D eigenvalue weighted by Gasteiger charge is 2.36. The van der Waals surface area contributed by atoms with Crippen molar-refractivity contribution in [3.8, 4) is 0 Å². The number of methoxy groups -OCH3 is 1. The van der Waals surface area contributed by atoms with Gasteiger partial charge in [0.05, 0.1) is 37.2 Å². The fourth-order valence-electron chi connectivity index (χ4n) is 2.83. The van der Waals surface area contributed by atoms with Crippen molar-refractivity contribution >= 4 is 52.1 Å². The second kappa shape index (κ2) is 10.1. The van der Waals surface area contributed by atoms with Crippen LogP contribution in [0.25, 0.3) is 0 Å². The molecule has 1 aromatic carbocycles. The van der Waals surface area contributed by atoms with Crippen molar-refractivity contribution in [2.24, 2.45) is 4.99 Å². The lowest BCUT2D eigenvalue weighted by Gasteiger charge is -2.15. The number of hydrogen-bond acceptors (Lipinski definition) is 9. The van der Waals surface area contributed by atoms with Crippen molar-refractivity contribution in [1.82, 2.24) is 9.55 Å². The molecule has 1 aliphatic rings. The first kappa shape index (κ1) is 22.9. The molecule has 32 heavy (non-hydrogen) atoms. The van der Waals surface area contributed by atoms with Crippen molar-refractivity contribution in [3.63, 3.8) is 0 Å². The molecule has 1 aliphatic heterocycles. The van der Waals surface area contributed by atoms with E-state index in [1.165, 1.54) is 29.8 Å². The molecule has 10 nitrogen and oxygen atoms in total. The van der Waals surface area contributed by atoms with Gasteiger partial charge in [0.25, 0.3) is 5.91 Å². The number of esters is 2. The fraction of sp³-hybridized carbons (Fsp3) is 0.238. The zero-order chi connectivity index (χ0) is 23.3. The van der Waals surface area contributed by atoms with Gasteiger partial charge in [0, 0.05) is 6.08 Å². The number of nitrogens with zero attached hydrogens (tertiary/aromatic N) is 4. The van der Waals surface area contributed by atoms with Crippen molar-refractivity contribution in [1.29, 1.82) is 0 Å². The normalized spacial score (nSPS) is 16.0. The number of rotatable bonds is 7. The van der Waals surface area contributed by atoms with Gasteiger partial charge >= 0.3 is 11.9 Å². The zero-order valence-corrected chi connectivity index (χ0v) is 18.4. The molecule has 11 heteroatoms. The summed E-state index contributed by atoms with van der Waals surface area (Å²) in [7, 11) is 1.21. The number of carbonyl (C=O) groups is 4. The van der Waals surface area contributed by atoms with Gasteiger partial charge in [-0.2, -0.15) is 0 Å². The molecule has 2 heterocycles. The number of ketones is 1. The minimum atomic E-state index is -0.698. The maximum absolute atomic E-state index is 13.0. The Kier molecular flexibility index (Phi) is 7.21. The number of aliphatic imine (C=N–C) groups is 1. The van der Waals surface area contributed by atoms with Crippen LogP contribution in [-0.4, -0.2) is 52.1 Å². The topological polar surface area (TPSA) is 120 Å². The van der Waals surface area contributed by atoms with E-state index in [4.69, 9.17) is 4.74 Å². The number of para-hydroxylation sites is 1. The van der Waals surface area contributed by atoms with Crippen LogP contribution in [0.2, 0.25) is 0 Å². The van der Waals surface area contributed by atoms with E-state index in [1.54, 1.807) is 37.3 Å². The lowest BCUT2D eigenvalue weighted by molar-refractivity contribution is -0.135. The first-order valence-electron chi connectivity index (χ1n) is 9.53. The molecule has 1 saturated heterocycles. The second-order valence-corrected chi connectivity index (χ2v) is 7.48. The molecule has 1 amide bonds. The highest BCUT2D eigenvalue weighted by molar-refractivity contribution is 8.19. The van der Waals surface area contributed by atoms with Gasteiger partial charge in [0.15, 0.2) is 16.7 Å². The molecule has 0 spiro atoms. The molecule has 1 aromatic heterocycles. The standard InChI is InChI=1S/C21H20N4O6S/c1-4-31-20(29)17-18(22-12-24(17)11-13(2)26)23-21-25(14-8-6-5-7-9-14)19(28)15(32-21)10-16(27)30-3/h5-10,12H,4,11H2,1-3H3/b15-10-,23-21?. The smallest absolute Gasteiger partial charge is 0.358 e. The molecule has 2 aromatic rings. The van der Waals surface area contributed by atoms with Crippen LogP contribution in [0.1, 0.15) is 24.3 Å². The van der Waals surface area contributed by atoms with Gasteiger partial charge < -0.3 is 14.0 Å². The highest BCUT2D eigenvalue weighted by atomic mass is 32.2. The molecule has 0 bridgehead atoms. The van der Waals surface area contributed by atoms with E-state index in [9.17, 15) is 19.2 Å². The maximum Gasteiger partial charge on any atom is 0.358 e. The van der Waals surface area contributed by atoms with Crippen LogP contribution in [0.5, 0.6) is 0 Å². The Bertz CT molecular complexity index is 1120. The second-order valence-electron chi connectivity index (χ2n) is 6.47. The van der Waals surface area contributed by atoms with E-state index in [0.717, 1.165) is 17.8 Å². The van der Waals surface area contributed by atoms with Crippen LogP contribution in [0.4, 0.5) is 11.5 Å². The van der Waals surface area contributed by atoms with E-state index >= 15 is 0 Å². The summed E-state index contributed by atoms with van der Waals surface area (Å²) in [5.74, 6) is -2.07. The lowest BCUT2D eigenvalue weighted by atomic mass is 10.3. The molecule has 0 unspecified atom stereocenters. The summed E-state index contributed by atoms with van der Waals surface area (Å²) in [4.78, 5) is 58.9. The van der Waals surface area contributed by atoms with E-state index in [1.807, 2.05) is 0 Å². The van der Waals surface area contributed by atoms with Crippen LogP contribution in [-0.2, 0) is 30.4 Å². The molecule has 0 aliphatic carbocycles. The number of benzene rings is 1. The van der Waals surface area contributed by atoms with E-state index in [2.05, 4.69) is 14.7 Å². The van der Waals surface area contributed by atoms with E-state index in [-0.39, 0.29) is 40.5 Å². The Morgan fingerprint density at radius 2 is 1.94 bits per heavy atom. The molecule has 0 radical (unpaired) electrons. The summed E-state index contributed by atoms with van der Waals surface area (Å²) in [6, 6.07) is 8.70. The third kappa shape index (κ3) is 4.94. The third-order valence-corrected chi connectivity index (χ3v) is 5.12. The van der Waals surface area contributed by atoms with Crippen molar-refractivity contribution in [2.75, 3.05) is 18.6 Å². The number of aromatic nitrogens is 2. The molecule has 0 atom stereocenters.